The Morgan fingerprint density at radius 1 is 0.745 bits per heavy atom. The number of anilines is 1. The van der Waals surface area contributed by atoms with Crippen molar-refractivity contribution in [3.05, 3.63) is 134 Å². The molecule has 1 N–H and O–H groups in total. The molecule has 5 aromatic carbocycles. The molecule has 0 unspecified atom stereocenters. The van der Waals surface area contributed by atoms with Crippen molar-refractivity contribution in [2.24, 2.45) is 0 Å². The third-order valence-electron chi connectivity index (χ3n) is 12.2. The molecule has 55 heavy (non-hydrogen) atoms. The standard InChI is InChI=1S/C44H34N2O6S3/c1-22-26-20-33-29(18-27(26)41-39(43(22,2)3)24-11-7-9-13-35(24)53-41)38(31-17-23(46(47)48)15-16-37(31)55(49,50)51)30-19-28-32(21-34(30)52-33)45(6)44(4,5)40-25-12-8-10-14-36(25)54-42(28)40/h7-21H,1-6H3,(H,49,50,51). The zero-order valence-electron chi connectivity index (χ0n) is 30.8. The van der Waals surface area contributed by atoms with Crippen LogP contribution in [0.5, 0.6) is 11.5 Å². The highest BCUT2D eigenvalue weighted by Crippen LogP contribution is 2.56. The molecule has 2 aliphatic heterocycles. The first kappa shape index (κ1) is 34.2. The Bertz CT molecular complexity index is 3170. The van der Waals surface area contributed by atoms with Crippen LogP contribution in [0.15, 0.2) is 95.9 Å². The fourth-order valence-electron chi connectivity index (χ4n) is 8.96. The van der Waals surface area contributed by atoms with Crippen LogP contribution in [-0.4, -0.2) is 24.9 Å². The molecule has 7 aromatic rings. The van der Waals surface area contributed by atoms with Gasteiger partial charge in [-0.1, -0.05) is 55.8 Å². The SMILES string of the molecule is CC1=c2cc3c(cc2-c2sc4ccccc4c2C1(C)C)=C(c1cc([N+](=O)[O-])ccc1S(=O)(=O)O)c1cc2c(cc1O3)N(C)C(C)(C)c1c-2sc2ccccc12. The van der Waals surface area contributed by atoms with Gasteiger partial charge >= 0.3 is 0 Å². The molecular formula is C44H34N2O6S3. The van der Waals surface area contributed by atoms with Crippen LogP contribution in [0.4, 0.5) is 11.4 Å². The van der Waals surface area contributed by atoms with Gasteiger partial charge < -0.3 is 9.64 Å². The van der Waals surface area contributed by atoms with E-state index >= 15 is 0 Å². The van der Waals surface area contributed by atoms with Gasteiger partial charge in [-0.25, -0.2) is 0 Å². The first-order valence-electron chi connectivity index (χ1n) is 17.9. The molecule has 0 radical (unpaired) electrons. The van der Waals surface area contributed by atoms with Crippen LogP contribution in [0.2, 0.25) is 0 Å². The number of nitro groups is 1. The average Bonchev–Trinajstić information content (AvgIpc) is 3.74. The van der Waals surface area contributed by atoms with Gasteiger partial charge in [0.25, 0.3) is 15.8 Å². The van der Waals surface area contributed by atoms with Crippen LogP contribution in [0.25, 0.3) is 52.2 Å². The van der Waals surface area contributed by atoms with E-state index in [0.717, 1.165) is 58.9 Å². The molecule has 3 aliphatic rings. The van der Waals surface area contributed by atoms with E-state index in [-0.39, 0.29) is 22.2 Å². The van der Waals surface area contributed by atoms with E-state index in [9.17, 15) is 23.1 Å². The molecule has 4 heterocycles. The number of nitrogens with zero attached hydrogens (tertiary/aromatic N) is 2. The molecule has 0 saturated carbocycles. The summed E-state index contributed by atoms with van der Waals surface area (Å²) in [6.45, 7) is 11.0. The second-order valence-electron chi connectivity index (χ2n) is 15.6. The maximum absolute atomic E-state index is 13.2. The summed E-state index contributed by atoms with van der Waals surface area (Å²) in [7, 11) is -2.77. The molecular weight excluding hydrogens is 749 g/mol. The normalized spacial score (nSPS) is 16.2. The van der Waals surface area contributed by atoms with Crippen molar-refractivity contribution >= 4 is 75.5 Å². The van der Waals surface area contributed by atoms with Crippen LogP contribution >= 0.6 is 22.7 Å². The number of rotatable bonds is 3. The van der Waals surface area contributed by atoms with E-state index in [2.05, 4.69) is 76.9 Å². The number of hydrogen-bond donors (Lipinski definition) is 1. The van der Waals surface area contributed by atoms with Gasteiger partial charge in [-0.2, -0.15) is 8.42 Å². The van der Waals surface area contributed by atoms with E-state index in [0.29, 0.717) is 27.9 Å². The fourth-order valence-corrected chi connectivity index (χ4v) is 12.4. The first-order chi connectivity index (χ1) is 26.1. The molecule has 0 amide bonds. The van der Waals surface area contributed by atoms with Gasteiger partial charge in [-0.3, -0.25) is 14.7 Å². The topological polar surface area (TPSA) is 110 Å². The molecule has 11 heteroatoms. The van der Waals surface area contributed by atoms with Crippen molar-refractivity contribution < 1.29 is 22.6 Å². The Kier molecular flexibility index (Phi) is 6.92. The van der Waals surface area contributed by atoms with Crippen LogP contribution in [-0.2, 0) is 21.1 Å². The van der Waals surface area contributed by atoms with Crippen molar-refractivity contribution in [3.8, 4) is 32.4 Å². The lowest BCUT2D eigenvalue weighted by Crippen LogP contribution is -2.41. The molecule has 0 spiro atoms. The monoisotopic (exact) mass is 782 g/mol. The Morgan fingerprint density at radius 3 is 2.04 bits per heavy atom. The van der Waals surface area contributed by atoms with E-state index in [1.165, 1.54) is 28.0 Å². The zero-order chi connectivity index (χ0) is 38.5. The van der Waals surface area contributed by atoms with Crippen LogP contribution < -0.4 is 20.1 Å². The number of fused-ring (bicyclic) bond motifs is 12. The molecule has 0 fully saturated rings. The highest BCUT2D eigenvalue weighted by molar-refractivity contribution is 7.86. The lowest BCUT2D eigenvalue weighted by molar-refractivity contribution is -0.384. The number of thiophene rings is 2. The first-order valence-corrected chi connectivity index (χ1v) is 21.0. The second-order valence-corrected chi connectivity index (χ2v) is 19.1. The van der Waals surface area contributed by atoms with Gasteiger partial charge in [-0.05, 0) is 78.7 Å². The summed E-state index contributed by atoms with van der Waals surface area (Å²) in [5.41, 5.74) is 6.47. The summed E-state index contributed by atoms with van der Waals surface area (Å²) in [6, 6.07) is 28.3. The van der Waals surface area contributed by atoms with Gasteiger partial charge in [0.1, 0.15) is 16.4 Å². The molecule has 274 valence electrons. The van der Waals surface area contributed by atoms with Gasteiger partial charge in [0.05, 0.1) is 10.5 Å². The molecule has 8 nitrogen and oxygen atoms in total. The van der Waals surface area contributed by atoms with Gasteiger partial charge in [0, 0.05) is 94.1 Å². The molecule has 0 saturated heterocycles. The number of non-ortho nitro benzene ring substituents is 1. The van der Waals surface area contributed by atoms with Crippen LogP contribution in [0, 0.1) is 10.1 Å². The largest absolute Gasteiger partial charge is 0.456 e. The maximum Gasteiger partial charge on any atom is 0.295 e. The van der Waals surface area contributed by atoms with Gasteiger partial charge in [0.15, 0.2) is 0 Å². The minimum atomic E-state index is -4.84. The summed E-state index contributed by atoms with van der Waals surface area (Å²) < 4.78 is 46.2. The summed E-state index contributed by atoms with van der Waals surface area (Å²) in [5, 5.41) is 16.2. The van der Waals surface area contributed by atoms with Crippen molar-refractivity contribution in [1.29, 1.82) is 0 Å². The minimum Gasteiger partial charge on any atom is -0.456 e. The molecule has 2 aromatic heterocycles. The summed E-state index contributed by atoms with van der Waals surface area (Å²) >= 11 is 3.42. The third-order valence-corrected chi connectivity index (χ3v) is 15.5. The second kappa shape index (κ2) is 11.1. The Morgan fingerprint density at radius 2 is 1.38 bits per heavy atom. The Hall–Kier alpha value is -5.33. The van der Waals surface area contributed by atoms with E-state index < -0.39 is 19.9 Å². The number of hydrogen-bond acceptors (Lipinski definition) is 8. The minimum absolute atomic E-state index is 0.0249. The number of nitro benzene ring substituents is 1. The number of benzene rings is 5. The van der Waals surface area contributed by atoms with E-state index in [1.54, 1.807) is 22.7 Å². The van der Waals surface area contributed by atoms with Crippen LogP contribution in [0.1, 0.15) is 56.9 Å². The highest BCUT2D eigenvalue weighted by Gasteiger charge is 2.41. The maximum atomic E-state index is 13.2. The fraction of sp³-hybridized carbons (Fsp3) is 0.182. The van der Waals surface area contributed by atoms with Gasteiger partial charge in [0.2, 0.25) is 0 Å². The third kappa shape index (κ3) is 4.61. The summed E-state index contributed by atoms with van der Waals surface area (Å²) in [5.74, 6) is 0.977. The van der Waals surface area contributed by atoms with Crippen molar-refractivity contribution in [2.45, 2.75) is 50.5 Å². The Labute approximate surface area is 325 Å². The van der Waals surface area contributed by atoms with Crippen molar-refractivity contribution in [1.82, 2.24) is 0 Å². The van der Waals surface area contributed by atoms with Crippen molar-refractivity contribution in [3.63, 3.8) is 0 Å². The van der Waals surface area contributed by atoms with E-state index in [1.807, 2.05) is 42.5 Å². The average molecular weight is 783 g/mol. The summed E-state index contributed by atoms with van der Waals surface area (Å²) in [4.78, 5) is 15.7. The van der Waals surface area contributed by atoms with Gasteiger partial charge in [-0.15, -0.1) is 22.7 Å². The van der Waals surface area contributed by atoms with Crippen molar-refractivity contribution in [2.75, 3.05) is 11.9 Å². The Balaban J connectivity index is 1.38. The lowest BCUT2D eigenvalue weighted by Gasteiger charge is -2.43. The number of ether oxygens (including phenoxy) is 1. The zero-order valence-corrected chi connectivity index (χ0v) is 33.2. The predicted octanol–water partition coefficient (Wildman–Crippen LogP) is 10.1. The molecule has 10 rings (SSSR count). The molecule has 0 atom stereocenters. The summed E-state index contributed by atoms with van der Waals surface area (Å²) in [6.07, 6.45) is 0. The van der Waals surface area contributed by atoms with E-state index in [4.69, 9.17) is 4.74 Å². The predicted molar refractivity (Wildman–Crippen MR) is 222 cm³/mol. The van der Waals surface area contributed by atoms with Crippen LogP contribution in [0.3, 0.4) is 0 Å². The quantitative estimate of drug-likeness (QED) is 0.108. The highest BCUT2D eigenvalue weighted by atomic mass is 32.2. The lowest BCUT2D eigenvalue weighted by atomic mass is 9.71. The molecule has 0 bridgehead atoms. The molecule has 1 aliphatic carbocycles. The smallest absolute Gasteiger partial charge is 0.295 e.